The Labute approximate surface area is 83.0 Å². The molecular formula is C11H12N2O. The summed E-state index contributed by atoms with van der Waals surface area (Å²) < 4.78 is 0. The molecule has 1 aliphatic rings. The molecule has 14 heavy (non-hydrogen) atoms. The van der Waals surface area contributed by atoms with Crippen LogP contribution in [0.2, 0.25) is 0 Å². The van der Waals surface area contributed by atoms with Crippen molar-refractivity contribution in [1.29, 1.82) is 0 Å². The van der Waals surface area contributed by atoms with E-state index in [9.17, 15) is 4.79 Å². The lowest BCUT2D eigenvalue weighted by Crippen LogP contribution is -2.40. The van der Waals surface area contributed by atoms with Crippen molar-refractivity contribution >= 4 is 11.7 Å². The Hall–Kier alpha value is -1.77. The summed E-state index contributed by atoms with van der Waals surface area (Å²) in [6.45, 7) is 2.60. The zero-order valence-electron chi connectivity index (χ0n) is 8.03. The minimum Gasteiger partial charge on any atom is -0.334 e. The summed E-state index contributed by atoms with van der Waals surface area (Å²) in [7, 11) is 0. The molecule has 0 atom stereocenters. The second-order valence-corrected chi connectivity index (χ2v) is 3.23. The molecule has 2 rings (SSSR count). The minimum atomic E-state index is -0.0678. The number of benzene rings is 1. The summed E-state index contributed by atoms with van der Waals surface area (Å²) in [4.78, 5) is 13.1. The van der Waals surface area contributed by atoms with Crippen LogP contribution in [0.25, 0.3) is 0 Å². The average molecular weight is 188 g/mol. The van der Waals surface area contributed by atoms with E-state index < -0.39 is 0 Å². The third-order valence-electron chi connectivity index (χ3n) is 2.22. The van der Waals surface area contributed by atoms with Gasteiger partial charge >= 0.3 is 6.03 Å². The maximum Gasteiger partial charge on any atom is 0.326 e. The number of para-hydroxylation sites is 1. The summed E-state index contributed by atoms with van der Waals surface area (Å²) >= 11 is 0. The van der Waals surface area contributed by atoms with Crippen LogP contribution in [0.4, 0.5) is 10.5 Å². The van der Waals surface area contributed by atoms with Crippen LogP contribution in [0.15, 0.2) is 36.5 Å². The topological polar surface area (TPSA) is 32.3 Å². The summed E-state index contributed by atoms with van der Waals surface area (Å²) in [5.41, 5.74) is 2.02. The Bertz CT molecular complexity index is 385. The third-order valence-corrected chi connectivity index (χ3v) is 2.22. The molecule has 1 heterocycles. The van der Waals surface area contributed by atoms with Crippen molar-refractivity contribution in [2.75, 3.05) is 11.4 Å². The van der Waals surface area contributed by atoms with Gasteiger partial charge in [-0.25, -0.2) is 4.79 Å². The second-order valence-electron chi connectivity index (χ2n) is 3.23. The number of aryl methyl sites for hydroxylation is 1. The lowest BCUT2D eigenvalue weighted by atomic mass is 10.2. The van der Waals surface area contributed by atoms with E-state index in [0.29, 0.717) is 6.54 Å². The summed E-state index contributed by atoms with van der Waals surface area (Å²) in [6.07, 6.45) is 3.73. The fourth-order valence-corrected chi connectivity index (χ4v) is 1.48. The normalized spacial score (nSPS) is 15.5. The highest BCUT2D eigenvalue weighted by atomic mass is 16.2. The van der Waals surface area contributed by atoms with Gasteiger partial charge in [0.2, 0.25) is 0 Å². The number of amides is 2. The van der Waals surface area contributed by atoms with Gasteiger partial charge in [-0.15, -0.1) is 0 Å². The van der Waals surface area contributed by atoms with Crippen molar-refractivity contribution < 1.29 is 4.79 Å². The first-order chi connectivity index (χ1) is 6.79. The standard InChI is InChI=1S/C11H12N2O/c1-9-5-2-3-6-10(9)13-8-4-7-12-11(13)14/h2-6,8H,7H2,1H3,(H,12,14). The molecule has 0 saturated heterocycles. The molecule has 1 N–H and O–H groups in total. The van der Waals surface area contributed by atoms with Crippen LogP contribution in [-0.2, 0) is 0 Å². The molecule has 1 aromatic carbocycles. The molecule has 3 heteroatoms. The lowest BCUT2D eigenvalue weighted by Gasteiger charge is -2.23. The van der Waals surface area contributed by atoms with Gasteiger partial charge in [0.15, 0.2) is 0 Å². The molecule has 0 spiro atoms. The Morgan fingerprint density at radius 3 is 2.86 bits per heavy atom. The molecule has 1 aliphatic heterocycles. The van der Waals surface area contributed by atoms with Crippen LogP contribution in [0.1, 0.15) is 5.56 Å². The quantitative estimate of drug-likeness (QED) is 0.718. The number of urea groups is 1. The minimum absolute atomic E-state index is 0.0678. The van der Waals surface area contributed by atoms with Gasteiger partial charge in [0.05, 0.1) is 5.69 Å². The molecule has 1 aromatic rings. The van der Waals surface area contributed by atoms with E-state index >= 15 is 0 Å². The largest absolute Gasteiger partial charge is 0.334 e. The first-order valence-electron chi connectivity index (χ1n) is 4.58. The molecule has 0 aliphatic carbocycles. The molecule has 0 fully saturated rings. The van der Waals surface area contributed by atoms with Crippen molar-refractivity contribution in [3.63, 3.8) is 0 Å². The fourth-order valence-electron chi connectivity index (χ4n) is 1.48. The van der Waals surface area contributed by atoms with Crippen molar-refractivity contribution in [3.8, 4) is 0 Å². The van der Waals surface area contributed by atoms with Crippen LogP contribution >= 0.6 is 0 Å². The number of anilines is 1. The van der Waals surface area contributed by atoms with Gasteiger partial charge < -0.3 is 5.32 Å². The van der Waals surface area contributed by atoms with Gasteiger partial charge in [-0.05, 0) is 24.6 Å². The maximum absolute atomic E-state index is 11.5. The Morgan fingerprint density at radius 2 is 2.14 bits per heavy atom. The van der Waals surface area contributed by atoms with Crippen LogP contribution in [-0.4, -0.2) is 12.6 Å². The van der Waals surface area contributed by atoms with Gasteiger partial charge in [0.1, 0.15) is 0 Å². The number of carbonyl (C=O) groups is 1. The SMILES string of the molecule is Cc1ccccc1N1C=CCNC1=O. The fraction of sp³-hybridized carbons (Fsp3) is 0.182. The molecule has 0 unspecified atom stereocenters. The van der Waals surface area contributed by atoms with Gasteiger partial charge in [-0.2, -0.15) is 0 Å². The summed E-state index contributed by atoms with van der Waals surface area (Å²) in [5, 5.41) is 2.76. The van der Waals surface area contributed by atoms with E-state index in [0.717, 1.165) is 11.3 Å². The van der Waals surface area contributed by atoms with E-state index in [2.05, 4.69) is 5.32 Å². The Morgan fingerprint density at radius 1 is 1.36 bits per heavy atom. The Kier molecular flexibility index (Phi) is 2.23. The van der Waals surface area contributed by atoms with E-state index in [1.54, 1.807) is 11.1 Å². The predicted molar refractivity (Wildman–Crippen MR) is 56.2 cm³/mol. The van der Waals surface area contributed by atoms with Gasteiger partial charge in [0, 0.05) is 12.7 Å². The van der Waals surface area contributed by atoms with Crippen LogP contribution < -0.4 is 10.2 Å². The second kappa shape index (κ2) is 3.54. The van der Waals surface area contributed by atoms with Gasteiger partial charge in [0.25, 0.3) is 0 Å². The summed E-state index contributed by atoms with van der Waals surface area (Å²) in [5.74, 6) is 0. The number of carbonyl (C=O) groups excluding carboxylic acids is 1. The number of hydrogen-bond acceptors (Lipinski definition) is 1. The first kappa shape index (κ1) is 8.81. The van der Waals surface area contributed by atoms with Crippen LogP contribution in [0.3, 0.4) is 0 Å². The zero-order chi connectivity index (χ0) is 9.97. The predicted octanol–water partition coefficient (Wildman–Crippen LogP) is 2.04. The molecule has 72 valence electrons. The van der Waals surface area contributed by atoms with Crippen molar-refractivity contribution in [1.82, 2.24) is 5.32 Å². The third kappa shape index (κ3) is 1.48. The Balaban J connectivity index is 2.39. The molecule has 0 saturated carbocycles. The number of rotatable bonds is 1. The highest BCUT2D eigenvalue weighted by molar-refractivity contribution is 5.95. The number of hydrogen-bond donors (Lipinski definition) is 1. The van der Waals surface area contributed by atoms with E-state index in [4.69, 9.17) is 0 Å². The molecular weight excluding hydrogens is 176 g/mol. The van der Waals surface area contributed by atoms with E-state index in [1.165, 1.54) is 0 Å². The van der Waals surface area contributed by atoms with Crippen LogP contribution in [0.5, 0.6) is 0 Å². The smallest absolute Gasteiger partial charge is 0.326 e. The lowest BCUT2D eigenvalue weighted by molar-refractivity contribution is 0.248. The number of nitrogens with zero attached hydrogens (tertiary/aromatic N) is 1. The van der Waals surface area contributed by atoms with Gasteiger partial charge in [-0.1, -0.05) is 18.2 Å². The van der Waals surface area contributed by atoms with Gasteiger partial charge in [-0.3, -0.25) is 4.90 Å². The van der Waals surface area contributed by atoms with Crippen molar-refractivity contribution in [2.24, 2.45) is 0 Å². The molecule has 0 aromatic heterocycles. The van der Waals surface area contributed by atoms with Crippen molar-refractivity contribution in [2.45, 2.75) is 6.92 Å². The first-order valence-corrected chi connectivity index (χ1v) is 4.58. The monoisotopic (exact) mass is 188 g/mol. The maximum atomic E-state index is 11.5. The number of nitrogens with one attached hydrogen (secondary N) is 1. The molecule has 0 bridgehead atoms. The highest BCUT2D eigenvalue weighted by Crippen LogP contribution is 2.20. The van der Waals surface area contributed by atoms with Crippen molar-refractivity contribution in [3.05, 3.63) is 42.1 Å². The average Bonchev–Trinajstić information content (AvgIpc) is 2.20. The van der Waals surface area contributed by atoms with E-state index in [-0.39, 0.29) is 6.03 Å². The van der Waals surface area contributed by atoms with E-state index in [1.807, 2.05) is 37.3 Å². The molecule has 0 radical (unpaired) electrons. The molecule has 3 nitrogen and oxygen atoms in total. The highest BCUT2D eigenvalue weighted by Gasteiger charge is 2.15. The summed E-state index contributed by atoms with van der Waals surface area (Å²) in [6, 6.07) is 7.75. The molecule has 2 amide bonds. The zero-order valence-corrected chi connectivity index (χ0v) is 8.03. The van der Waals surface area contributed by atoms with Crippen LogP contribution in [0, 0.1) is 6.92 Å².